The first-order chi connectivity index (χ1) is 8.88. The number of rotatable bonds is 4. The minimum atomic E-state index is -0.805. The first-order valence-corrected chi connectivity index (χ1v) is 6.67. The van der Waals surface area contributed by atoms with Gasteiger partial charge in [-0.3, -0.25) is 4.79 Å². The average Bonchev–Trinajstić information content (AvgIpc) is 2.81. The molecule has 4 heteroatoms. The lowest BCUT2D eigenvalue weighted by molar-refractivity contribution is -0.134. The zero-order valence-corrected chi connectivity index (χ0v) is 11.9. The molecule has 1 aromatic carbocycles. The largest absolute Gasteiger partial charge is 0.493 e. The molecule has 0 saturated carbocycles. The second-order valence-electron chi connectivity index (χ2n) is 5.74. The summed E-state index contributed by atoms with van der Waals surface area (Å²) in [5.41, 5.74) is 7.51. The maximum Gasteiger partial charge on any atom is 0.241 e. The quantitative estimate of drug-likeness (QED) is 0.891. The van der Waals surface area contributed by atoms with Crippen LogP contribution in [0.15, 0.2) is 18.2 Å². The van der Waals surface area contributed by atoms with Crippen LogP contribution in [0.25, 0.3) is 0 Å². The Bertz CT molecular complexity index is 478. The minimum absolute atomic E-state index is 0.0306. The number of ether oxygens (including phenoxy) is 1. The van der Waals surface area contributed by atoms with Gasteiger partial charge in [-0.1, -0.05) is 12.1 Å². The second kappa shape index (κ2) is 5.21. The first kappa shape index (κ1) is 13.9. The van der Waals surface area contributed by atoms with Gasteiger partial charge < -0.3 is 15.4 Å². The van der Waals surface area contributed by atoms with Gasteiger partial charge in [0.25, 0.3) is 0 Å². The van der Waals surface area contributed by atoms with Gasteiger partial charge in [0.15, 0.2) is 0 Å². The van der Waals surface area contributed by atoms with E-state index in [0.717, 1.165) is 25.2 Å². The predicted molar refractivity (Wildman–Crippen MR) is 75.2 cm³/mol. The number of fused-ring (bicyclic) bond motifs is 1. The van der Waals surface area contributed by atoms with Crippen LogP contribution in [0.3, 0.4) is 0 Å². The predicted octanol–water partition coefficient (Wildman–Crippen LogP) is 1.36. The van der Waals surface area contributed by atoms with Crippen LogP contribution in [0, 0.1) is 0 Å². The molecule has 2 N–H and O–H groups in total. The molecule has 0 aromatic heterocycles. The molecule has 0 saturated heterocycles. The van der Waals surface area contributed by atoms with Gasteiger partial charge >= 0.3 is 0 Å². The van der Waals surface area contributed by atoms with Crippen LogP contribution >= 0.6 is 0 Å². The number of hydrogen-bond acceptors (Lipinski definition) is 3. The van der Waals surface area contributed by atoms with Crippen molar-refractivity contribution in [1.82, 2.24) is 4.90 Å². The molecular formula is C15H22N2O2. The van der Waals surface area contributed by atoms with Crippen molar-refractivity contribution in [2.45, 2.75) is 32.2 Å². The Balaban J connectivity index is 1.94. The highest BCUT2D eigenvalue weighted by atomic mass is 16.5. The summed E-state index contributed by atoms with van der Waals surface area (Å²) in [6, 6.07) is 6.26. The third kappa shape index (κ3) is 3.26. The monoisotopic (exact) mass is 262 g/mol. The molecule has 1 aliphatic rings. The number of hydrogen-bond donors (Lipinski definition) is 1. The number of carbonyl (C=O) groups is 1. The van der Waals surface area contributed by atoms with Gasteiger partial charge in [0.05, 0.1) is 12.1 Å². The average molecular weight is 262 g/mol. The zero-order chi connectivity index (χ0) is 14.0. The van der Waals surface area contributed by atoms with E-state index in [2.05, 4.69) is 12.1 Å². The van der Waals surface area contributed by atoms with Crippen LogP contribution in [-0.4, -0.2) is 36.5 Å². The van der Waals surface area contributed by atoms with Gasteiger partial charge in [-0.05, 0) is 37.5 Å². The Morgan fingerprint density at radius 2 is 2.21 bits per heavy atom. The summed E-state index contributed by atoms with van der Waals surface area (Å²) in [6.45, 7) is 4.93. The molecule has 0 radical (unpaired) electrons. The fraction of sp³-hybridized carbons (Fsp3) is 0.533. The van der Waals surface area contributed by atoms with Gasteiger partial charge in [0.1, 0.15) is 5.75 Å². The van der Waals surface area contributed by atoms with E-state index in [1.807, 2.05) is 6.07 Å². The van der Waals surface area contributed by atoms with E-state index < -0.39 is 5.54 Å². The van der Waals surface area contributed by atoms with E-state index in [4.69, 9.17) is 10.5 Å². The van der Waals surface area contributed by atoms with E-state index in [9.17, 15) is 4.79 Å². The van der Waals surface area contributed by atoms with Gasteiger partial charge in [0, 0.05) is 20.0 Å². The lowest BCUT2D eigenvalue weighted by atomic mass is 10.0. The second-order valence-corrected chi connectivity index (χ2v) is 5.74. The third-order valence-electron chi connectivity index (χ3n) is 3.39. The van der Waals surface area contributed by atoms with Gasteiger partial charge in [-0.25, -0.2) is 0 Å². The van der Waals surface area contributed by atoms with Crippen molar-refractivity contribution >= 4 is 5.91 Å². The molecule has 1 aliphatic heterocycles. The Morgan fingerprint density at radius 3 is 2.89 bits per heavy atom. The Hall–Kier alpha value is -1.55. The molecule has 1 amide bonds. The molecule has 4 nitrogen and oxygen atoms in total. The van der Waals surface area contributed by atoms with Crippen molar-refractivity contribution in [3.8, 4) is 5.75 Å². The molecular weight excluding hydrogens is 240 g/mol. The van der Waals surface area contributed by atoms with E-state index in [0.29, 0.717) is 6.54 Å². The first-order valence-electron chi connectivity index (χ1n) is 6.67. The minimum Gasteiger partial charge on any atom is -0.493 e. The number of nitrogens with zero attached hydrogens (tertiary/aromatic N) is 1. The fourth-order valence-corrected chi connectivity index (χ4v) is 2.29. The Morgan fingerprint density at radius 1 is 1.47 bits per heavy atom. The molecule has 0 unspecified atom stereocenters. The zero-order valence-electron chi connectivity index (χ0n) is 11.9. The molecule has 19 heavy (non-hydrogen) atoms. The van der Waals surface area contributed by atoms with Crippen LogP contribution in [0.5, 0.6) is 5.75 Å². The van der Waals surface area contributed by atoms with Crippen molar-refractivity contribution in [1.29, 1.82) is 0 Å². The summed E-state index contributed by atoms with van der Waals surface area (Å²) in [5.74, 6) is 0.966. The van der Waals surface area contributed by atoms with Gasteiger partial charge in [-0.15, -0.1) is 0 Å². The molecule has 1 heterocycles. The van der Waals surface area contributed by atoms with Gasteiger partial charge in [0.2, 0.25) is 5.91 Å². The fourth-order valence-electron chi connectivity index (χ4n) is 2.29. The van der Waals surface area contributed by atoms with Crippen molar-refractivity contribution in [2.75, 3.05) is 20.2 Å². The maximum atomic E-state index is 12.0. The molecule has 0 fully saturated rings. The lowest BCUT2D eigenvalue weighted by Gasteiger charge is -2.25. The standard InChI is InChI=1S/C15H22N2O2/c1-15(2,16)14(18)17(3)8-6-11-4-5-13-12(10-11)7-9-19-13/h4-5,10H,6-9,16H2,1-3H3. The van der Waals surface area contributed by atoms with Crippen molar-refractivity contribution < 1.29 is 9.53 Å². The normalized spacial score (nSPS) is 13.9. The number of amides is 1. The number of likely N-dealkylation sites (N-methyl/N-ethyl adjacent to an activating group) is 1. The molecule has 1 aromatic rings. The van der Waals surface area contributed by atoms with E-state index in [-0.39, 0.29) is 5.91 Å². The van der Waals surface area contributed by atoms with Crippen LogP contribution < -0.4 is 10.5 Å². The smallest absolute Gasteiger partial charge is 0.241 e. The maximum absolute atomic E-state index is 12.0. The number of benzene rings is 1. The van der Waals surface area contributed by atoms with Crippen LogP contribution in [0.2, 0.25) is 0 Å². The SMILES string of the molecule is CN(CCc1ccc2c(c1)CCO2)C(=O)C(C)(C)N. The third-order valence-corrected chi connectivity index (χ3v) is 3.39. The number of carbonyl (C=O) groups excluding carboxylic acids is 1. The molecule has 0 bridgehead atoms. The summed E-state index contributed by atoms with van der Waals surface area (Å²) in [4.78, 5) is 13.7. The molecule has 0 aliphatic carbocycles. The Kier molecular flexibility index (Phi) is 3.80. The van der Waals surface area contributed by atoms with E-state index in [1.54, 1.807) is 25.8 Å². The van der Waals surface area contributed by atoms with Gasteiger partial charge in [-0.2, -0.15) is 0 Å². The molecule has 0 spiro atoms. The van der Waals surface area contributed by atoms with E-state index >= 15 is 0 Å². The van der Waals surface area contributed by atoms with Crippen LogP contribution in [0.1, 0.15) is 25.0 Å². The van der Waals surface area contributed by atoms with Crippen molar-refractivity contribution in [3.63, 3.8) is 0 Å². The Labute approximate surface area is 114 Å². The van der Waals surface area contributed by atoms with Crippen molar-refractivity contribution in [2.24, 2.45) is 5.73 Å². The molecule has 0 atom stereocenters. The summed E-state index contributed by atoms with van der Waals surface area (Å²) in [5, 5.41) is 0. The van der Waals surface area contributed by atoms with Crippen LogP contribution in [-0.2, 0) is 17.6 Å². The summed E-state index contributed by atoms with van der Waals surface area (Å²) >= 11 is 0. The molecule has 104 valence electrons. The topological polar surface area (TPSA) is 55.6 Å². The highest BCUT2D eigenvalue weighted by molar-refractivity contribution is 5.84. The molecule has 2 rings (SSSR count). The highest BCUT2D eigenvalue weighted by Crippen LogP contribution is 2.26. The lowest BCUT2D eigenvalue weighted by Crippen LogP contribution is -2.50. The summed E-state index contributed by atoms with van der Waals surface area (Å²) in [6.07, 6.45) is 1.82. The summed E-state index contributed by atoms with van der Waals surface area (Å²) < 4.78 is 5.48. The summed E-state index contributed by atoms with van der Waals surface area (Å²) in [7, 11) is 1.80. The number of nitrogens with two attached hydrogens (primary N) is 1. The van der Waals surface area contributed by atoms with Crippen LogP contribution in [0.4, 0.5) is 0 Å². The highest BCUT2D eigenvalue weighted by Gasteiger charge is 2.25. The van der Waals surface area contributed by atoms with E-state index in [1.165, 1.54) is 11.1 Å². The van der Waals surface area contributed by atoms with Crippen molar-refractivity contribution in [3.05, 3.63) is 29.3 Å².